The van der Waals surface area contributed by atoms with Gasteiger partial charge in [-0.15, -0.1) is 0 Å². The maximum atomic E-state index is 3.75. The molecule has 1 fully saturated rings. The lowest BCUT2D eigenvalue weighted by atomic mass is 9.87. The maximum Gasteiger partial charge on any atom is 0.0213 e. The van der Waals surface area contributed by atoms with Crippen molar-refractivity contribution in [1.82, 2.24) is 5.32 Å². The molecule has 2 rings (SSSR count). The summed E-state index contributed by atoms with van der Waals surface area (Å²) >= 11 is 0. The smallest absolute Gasteiger partial charge is 0.0213 e. The van der Waals surface area contributed by atoms with Crippen LogP contribution >= 0.6 is 0 Å². The van der Waals surface area contributed by atoms with Gasteiger partial charge in [0.1, 0.15) is 0 Å². The van der Waals surface area contributed by atoms with Gasteiger partial charge >= 0.3 is 0 Å². The molecule has 0 aliphatic heterocycles. The van der Waals surface area contributed by atoms with Gasteiger partial charge < -0.3 is 5.32 Å². The molecule has 0 amide bonds. The van der Waals surface area contributed by atoms with E-state index in [0.717, 1.165) is 18.5 Å². The van der Waals surface area contributed by atoms with Gasteiger partial charge in [0, 0.05) is 12.6 Å². The highest BCUT2D eigenvalue weighted by molar-refractivity contribution is 5.33. The van der Waals surface area contributed by atoms with Gasteiger partial charge in [0.05, 0.1) is 0 Å². The molecule has 2 atom stereocenters. The van der Waals surface area contributed by atoms with Crippen LogP contribution in [0.5, 0.6) is 0 Å². The molecule has 0 spiro atoms. The van der Waals surface area contributed by atoms with Crippen LogP contribution in [0.4, 0.5) is 0 Å². The van der Waals surface area contributed by atoms with Crippen molar-refractivity contribution in [2.24, 2.45) is 5.92 Å². The average Bonchev–Trinajstić information content (AvgIpc) is 2.28. The normalized spacial score (nSPS) is 24.9. The zero-order valence-corrected chi connectivity index (χ0v) is 11.4. The summed E-state index contributed by atoms with van der Waals surface area (Å²) < 4.78 is 0. The molecule has 1 aliphatic rings. The second kappa shape index (κ2) is 5.68. The summed E-state index contributed by atoms with van der Waals surface area (Å²) in [5.41, 5.74) is 4.33. The van der Waals surface area contributed by atoms with E-state index in [9.17, 15) is 0 Å². The summed E-state index contributed by atoms with van der Waals surface area (Å²) in [5, 5.41) is 3.75. The summed E-state index contributed by atoms with van der Waals surface area (Å²) in [5.74, 6) is 0.902. The Morgan fingerprint density at radius 2 is 1.88 bits per heavy atom. The molecule has 0 aromatic heterocycles. The Labute approximate surface area is 106 Å². The van der Waals surface area contributed by atoms with E-state index in [1.54, 1.807) is 0 Å². The van der Waals surface area contributed by atoms with E-state index in [0.29, 0.717) is 0 Å². The standard InChI is InChI=1S/C16H25N/c1-12-6-4-9-15(10-12)17-11-16-13(2)7-5-8-14(16)3/h5,7-8,12,15,17H,4,6,9-11H2,1-3H3. The molecule has 17 heavy (non-hydrogen) atoms. The van der Waals surface area contributed by atoms with E-state index in [4.69, 9.17) is 0 Å². The molecule has 1 aromatic rings. The summed E-state index contributed by atoms with van der Waals surface area (Å²) in [6.07, 6.45) is 5.52. The number of benzene rings is 1. The Morgan fingerprint density at radius 3 is 2.53 bits per heavy atom. The minimum Gasteiger partial charge on any atom is -0.310 e. The predicted molar refractivity (Wildman–Crippen MR) is 74.2 cm³/mol. The molecule has 0 saturated heterocycles. The van der Waals surface area contributed by atoms with E-state index in [1.807, 2.05) is 0 Å². The van der Waals surface area contributed by atoms with Gasteiger partial charge in [-0.1, -0.05) is 38.0 Å². The number of nitrogens with one attached hydrogen (secondary N) is 1. The van der Waals surface area contributed by atoms with Crippen LogP contribution in [-0.4, -0.2) is 6.04 Å². The van der Waals surface area contributed by atoms with Crippen LogP contribution in [0.2, 0.25) is 0 Å². The summed E-state index contributed by atoms with van der Waals surface area (Å²) in [4.78, 5) is 0. The van der Waals surface area contributed by atoms with Crippen molar-refractivity contribution in [3.8, 4) is 0 Å². The zero-order valence-electron chi connectivity index (χ0n) is 11.4. The monoisotopic (exact) mass is 231 g/mol. The third-order valence-electron chi connectivity index (χ3n) is 4.15. The molecule has 2 unspecified atom stereocenters. The molecule has 1 N–H and O–H groups in total. The van der Waals surface area contributed by atoms with Crippen LogP contribution in [0, 0.1) is 19.8 Å². The first-order valence-corrected chi connectivity index (χ1v) is 6.95. The fourth-order valence-corrected chi connectivity index (χ4v) is 2.99. The average molecular weight is 231 g/mol. The van der Waals surface area contributed by atoms with Crippen molar-refractivity contribution in [3.05, 3.63) is 34.9 Å². The lowest BCUT2D eigenvalue weighted by molar-refractivity contribution is 0.300. The number of aryl methyl sites for hydroxylation is 2. The molecular formula is C16H25N. The number of hydrogen-bond acceptors (Lipinski definition) is 1. The van der Waals surface area contributed by atoms with Gasteiger partial charge in [0.15, 0.2) is 0 Å². The Kier molecular flexibility index (Phi) is 4.22. The molecule has 0 heterocycles. The Balaban J connectivity index is 1.93. The van der Waals surface area contributed by atoms with Gasteiger partial charge in [-0.25, -0.2) is 0 Å². The first-order chi connectivity index (χ1) is 8.16. The summed E-state index contributed by atoms with van der Waals surface area (Å²) in [7, 11) is 0. The fourth-order valence-electron chi connectivity index (χ4n) is 2.99. The molecule has 0 bridgehead atoms. The topological polar surface area (TPSA) is 12.0 Å². The van der Waals surface area contributed by atoms with Crippen LogP contribution in [0.1, 0.15) is 49.3 Å². The zero-order chi connectivity index (χ0) is 12.3. The Bertz CT molecular complexity index is 350. The van der Waals surface area contributed by atoms with Crippen molar-refractivity contribution >= 4 is 0 Å². The third kappa shape index (κ3) is 3.32. The van der Waals surface area contributed by atoms with Crippen molar-refractivity contribution in [2.75, 3.05) is 0 Å². The van der Waals surface area contributed by atoms with Gasteiger partial charge in [-0.05, 0) is 49.3 Å². The Hall–Kier alpha value is -0.820. The molecule has 1 nitrogen and oxygen atoms in total. The lowest BCUT2D eigenvalue weighted by Crippen LogP contribution is -2.33. The Morgan fingerprint density at radius 1 is 1.18 bits per heavy atom. The van der Waals surface area contributed by atoms with E-state index < -0.39 is 0 Å². The molecule has 1 saturated carbocycles. The largest absolute Gasteiger partial charge is 0.310 e. The van der Waals surface area contributed by atoms with Gasteiger partial charge in [0.25, 0.3) is 0 Å². The SMILES string of the molecule is Cc1cccc(C)c1CNC1CCCC(C)C1. The van der Waals surface area contributed by atoms with Crippen LogP contribution < -0.4 is 5.32 Å². The minimum atomic E-state index is 0.734. The third-order valence-corrected chi connectivity index (χ3v) is 4.15. The number of rotatable bonds is 3. The van der Waals surface area contributed by atoms with Crippen molar-refractivity contribution < 1.29 is 0 Å². The molecule has 1 heteroatoms. The van der Waals surface area contributed by atoms with E-state index in [2.05, 4.69) is 44.3 Å². The van der Waals surface area contributed by atoms with Crippen LogP contribution in [0.25, 0.3) is 0 Å². The van der Waals surface area contributed by atoms with Crippen LogP contribution in [0.3, 0.4) is 0 Å². The summed E-state index contributed by atoms with van der Waals surface area (Å²) in [6, 6.07) is 7.32. The van der Waals surface area contributed by atoms with Crippen molar-refractivity contribution in [1.29, 1.82) is 0 Å². The second-order valence-electron chi connectivity index (χ2n) is 5.72. The first-order valence-electron chi connectivity index (χ1n) is 6.95. The van der Waals surface area contributed by atoms with Crippen LogP contribution in [-0.2, 0) is 6.54 Å². The van der Waals surface area contributed by atoms with Gasteiger partial charge in [-0.2, -0.15) is 0 Å². The predicted octanol–water partition coefficient (Wildman–Crippen LogP) is 3.97. The summed E-state index contributed by atoms with van der Waals surface area (Å²) in [6.45, 7) is 7.85. The van der Waals surface area contributed by atoms with E-state index >= 15 is 0 Å². The van der Waals surface area contributed by atoms with Crippen molar-refractivity contribution in [2.45, 2.75) is 59.0 Å². The van der Waals surface area contributed by atoms with Crippen LogP contribution in [0.15, 0.2) is 18.2 Å². The molecule has 0 radical (unpaired) electrons. The number of hydrogen-bond donors (Lipinski definition) is 1. The van der Waals surface area contributed by atoms with Crippen molar-refractivity contribution in [3.63, 3.8) is 0 Å². The van der Waals surface area contributed by atoms with E-state index in [-0.39, 0.29) is 0 Å². The van der Waals surface area contributed by atoms with Gasteiger partial charge in [-0.3, -0.25) is 0 Å². The molecular weight excluding hydrogens is 206 g/mol. The highest BCUT2D eigenvalue weighted by atomic mass is 14.9. The first kappa shape index (κ1) is 12.6. The second-order valence-corrected chi connectivity index (χ2v) is 5.72. The molecule has 1 aliphatic carbocycles. The quantitative estimate of drug-likeness (QED) is 0.830. The van der Waals surface area contributed by atoms with E-state index in [1.165, 1.54) is 42.4 Å². The fraction of sp³-hybridized carbons (Fsp3) is 0.625. The minimum absolute atomic E-state index is 0.734. The highest BCUT2D eigenvalue weighted by Crippen LogP contribution is 2.24. The molecule has 1 aromatic carbocycles. The lowest BCUT2D eigenvalue weighted by Gasteiger charge is -2.28. The van der Waals surface area contributed by atoms with Gasteiger partial charge in [0.2, 0.25) is 0 Å². The maximum absolute atomic E-state index is 3.75. The highest BCUT2D eigenvalue weighted by Gasteiger charge is 2.18. The molecule has 94 valence electrons.